The molecule has 1 aliphatic heterocycles. The number of rotatable bonds is 3. The van der Waals surface area contributed by atoms with Crippen molar-refractivity contribution >= 4 is 11.8 Å². The van der Waals surface area contributed by atoms with Gasteiger partial charge in [0.05, 0.1) is 6.61 Å². The van der Waals surface area contributed by atoms with Crippen LogP contribution in [0.2, 0.25) is 0 Å². The van der Waals surface area contributed by atoms with Crippen LogP contribution < -0.4 is 0 Å². The van der Waals surface area contributed by atoms with E-state index in [0.717, 1.165) is 0 Å². The summed E-state index contributed by atoms with van der Waals surface area (Å²) in [6.07, 6.45) is 1.29. The molecular weight excluding hydrogens is 268 g/mol. The standard InChI is InChI=1S/C9H16O2.C8H12O2/c1-6(11)4-7-8(5-10)9(7,2)3;1-8(2)5-3-7(9)10-4-6(5)8/h7-8,10H,4-5H2,1-3H3;5-6H,3-4H2,1-2H3/t7-,8?;5-,6?/m11/s1. The summed E-state index contributed by atoms with van der Waals surface area (Å²) in [6, 6.07) is 0. The molecule has 3 fully saturated rings. The van der Waals surface area contributed by atoms with E-state index in [1.807, 2.05) is 0 Å². The molecule has 0 spiro atoms. The minimum atomic E-state index is -0.00757. The van der Waals surface area contributed by atoms with Gasteiger partial charge >= 0.3 is 5.97 Å². The molecule has 2 unspecified atom stereocenters. The molecule has 1 saturated heterocycles. The number of ether oxygens (including phenoxy) is 1. The monoisotopic (exact) mass is 296 g/mol. The van der Waals surface area contributed by atoms with Crippen LogP contribution in [0.4, 0.5) is 0 Å². The van der Waals surface area contributed by atoms with Crippen molar-refractivity contribution in [1.29, 1.82) is 0 Å². The molecule has 0 aromatic heterocycles. The van der Waals surface area contributed by atoms with Gasteiger partial charge in [-0.1, -0.05) is 27.7 Å². The second-order valence-corrected chi connectivity index (χ2v) is 8.04. The molecule has 21 heavy (non-hydrogen) atoms. The first-order valence-electron chi connectivity index (χ1n) is 7.88. The van der Waals surface area contributed by atoms with E-state index >= 15 is 0 Å². The average Bonchev–Trinajstić information content (AvgIpc) is 3.10. The van der Waals surface area contributed by atoms with Crippen molar-refractivity contribution in [3.05, 3.63) is 0 Å². The highest BCUT2D eigenvalue weighted by molar-refractivity contribution is 5.76. The summed E-state index contributed by atoms with van der Waals surface area (Å²) in [5.41, 5.74) is 0.576. The molecule has 2 saturated carbocycles. The van der Waals surface area contributed by atoms with Gasteiger partial charge in [-0.2, -0.15) is 0 Å². The third-order valence-corrected chi connectivity index (χ3v) is 6.09. The zero-order valence-electron chi connectivity index (χ0n) is 13.8. The number of cyclic esters (lactones) is 1. The molecule has 4 nitrogen and oxygen atoms in total. The molecule has 1 N–H and O–H groups in total. The van der Waals surface area contributed by atoms with Crippen molar-refractivity contribution in [2.45, 2.75) is 47.5 Å². The Hall–Kier alpha value is -0.900. The summed E-state index contributed by atoms with van der Waals surface area (Å²) in [4.78, 5) is 21.5. The lowest BCUT2D eigenvalue weighted by Crippen LogP contribution is -2.14. The van der Waals surface area contributed by atoms with Crippen molar-refractivity contribution in [2.24, 2.45) is 34.5 Å². The van der Waals surface area contributed by atoms with Crippen molar-refractivity contribution in [3.8, 4) is 0 Å². The van der Waals surface area contributed by atoms with Gasteiger partial charge in [0.2, 0.25) is 0 Å². The lowest BCUT2D eigenvalue weighted by atomic mass is 10.1. The Labute approximate surface area is 127 Å². The maximum atomic E-state index is 10.8. The molecule has 0 aromatic rings. The van der Waals surface area contributed by atoms with E-state index in [1.54, 1.807) is 6.92 Å². The second-order valence-electron chi connectivity index (χ2n) is 8.04. The fraction of sp³-hybridized carbons (Fsp3) is 0.882. The smallest absolute Gasteiger partial charge is 0.306 e. The van der Waals surface area contributed by atoms with Crippen LogP contribution in [0, 0.1) is 34.5 Å². The van der Waals surface area contributed by atoms with Crippen LogP contribution in [0.1, 0.15) is 47.5 Å². The number of ketones is 1. The normalized spacial score (nSPS) is 37.5. The topological polar surface area (TPSA) is 63.6 Å². The molecular formula is C17H28O4. The fourth-order valence-corrected chi connectivity index (χ4v) is 3.95. The van der Waals surface area contributed by atoms with Gasteiger partial charge in [-0.05, 0) is 35.5 Å². The predicted octanol–water partition coefficient (Wildman–Crippen LogP) is 2.44. The Bertz CT molecular complexity index is 438. The Balaban J connectivity index is 0.000000154. The van der Waals surface area contributed by atoms with Gasteiger partial charge in [-0.3, -0.25) is 4.79 Å². The highest BCUT2D eigenvalue weighted by Gasteiger charge is 2.60. The number of carbonyl (C=O) groups is 2. The van der Waals surface area contributed by atoms with Crippen molar-refractivity contribution in [1.82, 2.24) is 0 Å². The maximum Gasteiger partial charge on any atom is 0.306 e. The minimum Gasteiger partial charge on any atom is -0.465 e. The SMILES string of the molecule is CC(=O)C[C@@H]1C(CO)C1(C)C.CC1(C)C2COC(=O)C[C@H]21. The van der Waals surface area contributed by atoms with E-state index in [1.165, 1.54) is 0 Å². The zero-order valence-corrected chi connectivity index (χ0v) is 13.8. The van der Waals surface area contributed by atoms with Crippen LogP contribution in [0.5, 0.6) is 0 Å². The maximum absolute atomic E-state index is 10.8. The van der Waals surface area contributed by atoms with Gasteiger partial charge in [0.15, 0.2) is 0 Å². The summed E-state index contributed by atoms with van der Waals surface area (Å²) in [7, 11) is 0. The number of Topliss-reactive ketones (excluding diaryl/α,β-unsaturated/α-hetero) is 1. The summed E-state index contributed by atoms with van der Waals surface area (Å²) >= 11 is 0. The van der Waals surface area contributed by atoms with E-state index in [2.05, 4.69) is 27.7 Å². The summed E-state index contributed by atoms with van der Waals surface area (Å²) < 4.78 is 4.93. The number of aliphatic hydroxyl groups is 1. The van der Waals surface area contributed by atoms with Gasteiger partial charge in [0, 0.05) is 25.4 Å². The van der Waals surface area contributed by atoms with Crippen LogP contribution in [-0.2, 0) is 14.3 Å². The Morgan fingerprint density at radius 3 is 2.19 bits per heavy atom. The first kappa shape index (κ1) is 16.5. The van der Waals surface area contributed by atoms with E-state index in [4.69, 9.17) is 9.84 Å². The van der Waals surface area contributed by atoms with Gasteiger partial charge in [0.25, 0.3) is 0 Å². The molecule has 3 aliphatic rings. The molecule has 1 heterocycles. The number of aliphatic hydroxyl groups excluding tert-OH is 1. The third-order valence-electron chi connectivity index (χ3n) is 6.09. The van der Waals surface area contributed by atoms with Gasteiger partial charge in [0.1, 0.15) is 5.78 Å². The van der Waals surface area contributed by atoms with Crippen LogP contribution in [0.15, 0.2) is 0 Å². The first-order valence-corrected chi connectivity index (χ1v) is 7.88. The van der Waals surface area contributed by atoms with Crippen molar-refractivity contribution in [3.63, 3.8) is 0 Å². The molecule has 120 valence electrons. The number of fused-ring (bicyclic) bond motifs is 1. The molecule has 3 rings (SSSR count). The molecule has 0 aromatic carbocycles. The molecule has 2 aliphatic carbocycles. The lowest BCUT2D eigenvalue weighted by Gasteiger charge is -2.07. The summed E-state index contributed by atoms with van der Waals surface area (Å²) in [5.74, 6) is 2.28. The van der Waals surface area contributed by atoms with E-state index < -0.39 is 0 Å². The van der Waals surface area contributed by atoms with Crippen LogP contribution in [0.3, 0.4) is 0 Å². The van der Waals surface area contributed by atoms with Crippen LogP contribution in [0.25, 0.3) is 0 Å². The quantitative estimate of drug-likeness (QED) is 0.812. The van der Waals surface area contributed by atoms with E-state index in [9.17, 15) is 9.59 Å². The van der Waals surface area contributed by atoms with Gasteiger partial charge in [-0.15, -0.1) is 0 Å². The third kappa shape index (κ3) is 3.15. The van der Waals surface area contributed by atoms with Crippen LogP contribution in [-0.4, -0.2) is 30.1 Å². The fourth-order valence-electron chi connectivity index (χ4n) is 3.95. The Kier molecular flexibility index (Phi) is 4.22. The van der Waals surface area contributed by atoms with E-state index in [0.29, 0.717) is 48.5 Å². The minimum absolute atomic E-state index is 0.00757. The average molecular weight is 296 g/mol. The van der Waals surface area contributed by atoms with Crippen molar-refractivity contribution < 1.29 is 19.4 Å². The van der Waals surface area contributed by atoms with Crippen molar-refractivity contribution in [2.75, 3.05) is 13.2 Å². The zero-order chi connectivity index (χ0) is 16.0. The first-order chi connectivity index (χ1) is 9.62. The van der Waals surface area contributed by atoms with Gasteiger partial charge in [-0.25, -0.2) is 0 Å². The number of carbonyl (C=O) groups excluding carboxylic acids is 2. The Morgan fingerprint density at radius 1 is 1.19 bits per heavy atom. The second kappa shape index (κ2) is 5.38. The lowest BCUT2D eigenvalue weighted by molar-refractivity contribution is -0.147. The summed E-state index contributed by atoms with van der Waals surface area (Å²) in [5, 5.41) is 8.91. The molecule has 0 amide bonds. The Morgan fingerprint density at radius 2 is 1.81 bits per heavy atom. The summed E-state index contributed by atoms with van der Waals surface area (Å²) in [6.45, 7) is 11.2. The molecule has 4 atom stereocenters. The van der Waals surface area contributed by atoms with E-state index in [-0.39, 0.29) is 23.8 Å². The molecule has 0 radical (unpaired) electrons. The molecule has 4 heteroatoms. The predicted molar refractivity (Wildman–Crippen MR) is 79.5 cm³/mol. The number of esters is 1. The highest BCUT2D eigenvalue weighted by atomic mass is 16.5. The van der Waals surface area contributed by atoms with Crippen LogP contribution >= 0.6 is 0 Å². The highest BCUT2D eigenvalue weighted by Crippen LogP contribution is 2.61. The number of hydrogen-bond donors (Lipinski definition) is 1. The molecule has 0 bridgehead atoms. The van der Waals surface area contributed by atoms with Gasteiger partial charge < -0.3 is 14.6 Å². The number of hydrogen-bond acceptors (Lipinski definition) is 4. The largest absolute Gasteiger partial charge is 0.465 e.